The van der Waals surface area contributed by atoms with Gasteiger partial charge in [0.2, 0.25) is 5.91 Å². The van der Waals surface area contributed by atoms with E-state index in [0.29, 0.717) is 11.7 Å². The largest absolute Gasteiger partial charge is 0.343 e. The van der Waals surface area contributed by atoms with Crippen LogP contribution in [0.2, 0.25) is 0 Å². The van der Waals surface area contributed by atoms with E-state index in [1.807, 2.05) is 12.3 Å². The molecule has 0 saturated heterocycles. The first-order chi connectivity index (χ1) is 7.10. The number of nitrogens with one attached hydrogen (secondary N) is 2. The van der Waals surface area contributed by atoms with Crippen LogP contribution in [0.5, 0.6) is 0 Å². The quantitative estimate of drug-likeness (QED) is 0.268. The predicted molar refractivity (Wildman–Crippen MR) is 56.2 cm³/mol. The molecule has 4 N–H and O–H groups in total. The van der Waals surface area contributed by atoms with Gasteiger partial charge < -0.3 is 0 Å². The Morgan fingerprint density at radius 3 is 3.00 bits per heavy atom. The van der Waals surface area contributed by atoms with E-state index in [1.165, 1.54) is 16.3 Å². The van der Waals surface area contributed by atoms with Crippen molar-refractivity contribution in [3.05, 3.63) is 10.5 Å². The summed E-state index contributed by atoms with van der Waals surface area (Å²) in [5, 5.41) is 6.23. The maximum absolute atomic E-state index is 11.2. The molecule has 0 saturated carbocycles. The van der Waals surface area contributed by atoms with Gasteiger partial charge in [0.1, 0.15) is 0 Å². The van der Waals surface area contributed by atoms with Gasteiger partial charge >= 0.3 is 5.69 Å². The molecule has 15 heavy (non-hydrogen) atoms. The number of carbonyl (C=O) groups excluding carboxylic acids is 1. The molecule has 1 rings (SSSR count). The minimum atomic E-state index is -0.393. The molecular formula is C7H13N5O2S. The number of hydrazine groups is 1. The molecule has 8 heteroatoms. The number of H-pyrrole nitrogens is 1. The standard InChI is InChI=1S/C7H13N5O2S/c1-3-12-6(14)10-11-7(12)15-4(2)5(13)9-8/h4H,3,8H2,1-2H3,(H,9,13)(H,10,14). The number of carbonyl (C=O) groups is 1. The van der Waals surface area contributed by atoms with Gasteiger partial charge in [0.15, 0.2) is 5.16 Å². The number of rotatable bonds is 4. The fourth-order valence-electron chi connectivity index (χ4n) is 1.00. The van der Waals surface area contributed by atoms with Crippen LogP contribution in [0.4, 0.5) is 0 Å². The first-order valence-corrected chi connectivity index (χ1v) is 5.30. The van der Waals surface area contributed by atoms with Crippen LogP contribution in [0, 0.1) is 0 Å². The SMILES string of the molecule is CCn1c(SC(C)C(=O)NN)n[nH]c1=O. The van der Waals surface area contributed by atoms with E-state index >= 15 is 0 Å². The monoisotopic (exact) mass is 231 g/mol. The number of aromatic nitrogens is 3. The summed E-state index contributed by atoms with van der Waals surface area (Å²) in [5.41, 5.74) is 1.77. The van der Waals surface area contributed by atoms with Crippen LogP contribution in [0.3, 0.4) is 0 Å². The topological polar surface area (TPSA) is 106 Å². The maximum atomic E-state index is 11.2. The Morgan fingerprint density at radius 2 is 2.47 bits per heavy atom. The third-order valence-corrected chi connectivity index (χ3v) is 2.92. The molecule has 0 aliphatic rings. The van der Waals surface area contributed by atoms with Gasteiger partial charge in [0, 0.05) is 6.54 Å². The second-order valence-electron chi connectivity index (χ2n) is 2.82. The van der Waals surface area contributed by atoms with Gasteiger partial charge in [-0.3, -0.25) is 14.8 Å². The summed E-state index contributed by atoms with van der Waals surface area (Å²) in [7, 11) is 0. The fourth-order valence-corrected chi connectivity index (χ4v) is 1.93. The minimum Gasteiger partial charge on any atom is -0.293 e. The van der Waals surface area contributed by atoms with Gasteiger partial charge in [0.05, 0.1) is 5.25 Å². The van der Waals surface area contributed by atoms with Crippen molar-refractivity contribution in [2.45, 2.75) is 30.8 Å². The summed E-state index contributed by atoms with van der Waals surface area (Å²) < 4.78 is 1.45. The van der Waals surface area contributed by atoms with Crippen molar-refractivity contribution in [3.8, 4) is 0 Å². The number of amides is 1. The van der Waals surface area contributed by atoms with E-state index in [2.05, 4.69) is 10.2 Å². The van der Waals surface area contributed by atoms with Gasteiger partial charge in [-0.15, -0.1) is 5.10 Å². The van der Waals surface area contributed by atoms with E-state index in [1.54, 1.807) is 6.92 Å². The van der Waals surface area contributed by atoms with Crippen molar-refractivity contribution in [1.82, 2.24) is 20.2 Å². The fraction of sp³-hybridized carbons (Fsp3) is 0.571. The molecule has 0 bridgehead atoms. The molecule has 0 fully saturated rings. The van der Waals surface area contributed by atoms with Gasteiger partial charge in [-0.1, -0.05) is 11.8 Å². The first-order valence-electron chi connectivity index (χ1n) is 4.42. The molecule has 0 aliphatic carbocycles. The first kappa shape index (κ1) is 11.8. The highest BCUT2D eigenvalue weighted by atomic mass is 32.2. The molecule has 1 aromatic rings. The molecule has 0 spiro atoms. The van der Waals surface area contributed by atoms with E-state index in [4.69, 9.17) is 5.84 Å². The van der Waals surface area contributed by atoms with Crippen molar-refractivity contribution in [2.75, 3.05) is 0 Å². The predicted octanol–water partition coefficient (Wildman–Crippen LogP) is -0.938. The van der Waals surface area contributed by atoms with Crippen LogP contribution < -0.4 is 17.0 Å². The van der Waals surface area contributed by atoms with Crippen molar-refractivity contribution in [3.63, 3.8) is 0 Å². The Kier molecular flexibility index (Phi) is 3.92. The van der Waals surface area contributed by atoms with Crippen molar-refractivity contribution in [1.29, 1.82) is 0 Å². The second kappa shape index (κ2) is 4.99. The Balaban J connectivity index is 2.80. The molecule has 7 nitrogen and oxygen atoms in total. The number of nitrogens with two attached hydrogens (primary N) is 1. The normalized spacial score (nSPS) is 12.5. The smallest absolute Gasteiger partial charge is 0.293 e. The number of thioether (sulfide) groups is 1. The lowest BCUT2D eigenvalue weighted by atomic mass is 10.5. The third kappa shape index (κ3) is 2.60. The highest BCUT2D eigenvalue weighted by Gasteiger charge is 2.17. The van der Waals surface area contributed by atoms with E-state index in [-0.39, 0.29) is 11.6 Å². The van der Waals surface area contributed by atoms with Crippen LogP contribution in [-0.2, 0) is 11.3 Å². The van der Waals surface area contributed by atoms with Crippen molar-refractivity contribution in [2.24, 2.45) is 5.84 Å². The number of hydrogen-bond acceptors (Lipinski definition) is 5. The van der Waals surface area contributed by atoms with Crippen LogP contribution in [0.25, 0.3) is 0 Å². The van der Waals surface area contributed by atoms with Gasteiger partial charge in [0.25, 0.3) is 0 Å². The van der Waals surface area contributed by atoms with Gasteiger partial charge in [-0.05, 0) is 13.8 Å². The summed E-state index contributed by atoms with van der Waals surface area (Å²) in [6, 6.07) is 0. The Bertz CT molecular complexity index is 398. The number of hydrogen-bond donors (Lipinski definition) is 3. The van der Waals surface area contributed by atoms with Crippen LogP contribution >= 0.6 is 11.8 Å². The summed E-state index contributed by atoms with van der Waals surface area (Å²) in [6.07, 6.45) is 0. The lowest BCUT2D eigenvalue weighted by molar-refractivity contribution is -0.120. The highest BCUT2D eigenvalue weighted by molar-refractivity contribution is 8.00. The lowest BCUT2D eigenvalue weighted by Crippen LogP contribution is -2.36. The van der Waals surface area contributed by atoms with Gasteiger partial charge in [-0.2, -0.15) is 0 Å². The molecule has 1 heterocycles. The van der Waals surface area contributed by atoms with Crippen LogP contribution in [0.1, 0.15) is 13.8 Å². The number of aromatic amines is 1. The molecule has 0 aliphatic heterocycles. The zero-order valence-electron chi connectivity index (χ0n) is 8.48. The second-order valence-corrected chi connectivity index (χ2v) is 4.13. The molecule has 0 aromatic carbocycles. The molecule has 1 unspecified atom stereocenters. The third-order valence-electron chi connectivity index (χ3n) is 1.83. The van der Waals surface area contributed by atoms with E-state index < -0.39 is 5.25 Å². The van der Waals surface area contributed by atoms with Crippen molar-refractivity contribution < 1.29 is 4.79 Å². The Morgan fingerprint density at radius 1 is 1.80 bits per heavy atom. The van der Waals surface area contributed by atoms with Crippen molar-refractivity contribution >= 4 is 17.7 Å². The van der Waals surface area contributed by atoms with E-state index in [0.717, 1.165) is 0 Å². The molecule has 0 radical (unpaired) electrons. The highest BCUT2D eigenvalue weighted by Crippen LogP contribution is 2.19. The summed E-state index contributed by atoms with van der Waals surface area (Å²) in [6.45, 7) is 4.02. The van der Waals surface area contributed by atoms with Gasteiger partial charge in [-0.25, -0.2) is 15.7 Å². The summed E-state index contributed by atoms with van der Waals surface area (Å²) >= 11 is 1.18. The Labute approximate surface area is 90.4 Å². The minimum absolute atomic E-state index is 0.277. The Hall–Kier alpha value is -1.28. The molecule has 1 amide bonds. The average molecular weight is 231 g/mol. The molecular weight excluding hydrogens is 218 g/mol. The molecule has 1 atom stereocenters. The van der Waals surface area contributed by atoms with E-state index in [9.17, 15) is 9.59 Å². The average Bonchev–Trinajstić information content (AvgIpc) is 2.57. The molecule has 84 valence electrons. The zero-order chi connectivity index (χ0) is 11.4. The lowest BCUT2D eigenvalue weighted by Gasteiger charge is -2.08. The van der Waals surface area contributed by atoms with Crippen LogP contribution in [0.15, 0.2) is 9.95 Å². The molecule has 1 aromatic heterocycles. The summed E-state index contributed by atoms with van der Waals surface area (Å²) in [4.78, 5) is 22.3. The zero-order valence-corrected chi connectivity index (χ0v) is 9.30. The maximum Gasteiger partial charge on any atom is 0.343 e. The number of nitrogens with zero attached hydrogens (tertiary/aromatic N) is 2. The van der Waals surface area contributed by atoms with Crippen LogP contribution in [-0.4, -0.2) is 25.9 Å². The summed E-state index contributed by atoms with van der Waals surface area (Å²) in [5.74, 6) is 4.69.